The summed E-state index contributed by atoms with van der Waals surface area (Å²) in [6.45, 7) is 0. The second-order valence-electron chi connectivity index (χ2n) is 5.14. The molecule has 3 N–H and O–H groups in total. The monoisotopic (exact) mass is 354 g/mol. The van der Waals surface area contributed by atoms with E-state index in [4.69, 9.17) is 16.3 Å². The quantitative estimate of drug-likeness (QED) is 0.765. The van der Waals surface area contributed by atoms with Gasteiger partial charge in [0, 0.05) is 23.7 Å². The van der Waals surface area contributed by atoms with Crippen molar-refractivity contribution in [2.45, 2.75) is 23.7 Å². The largest absolute Gasteiger partial charge is 0.475 e. The van der Waals surface area contributed by atoms with Crippen LogP contribution in [0.4, 0.5) is 0 Å². The minimum Gasteiger partial charge on any atom is -0.475 e. The summed E-state index contributed by atoms with van der Waals surface area (Å²) in [5.41, 5.74) is 0.822. The summed E-state index contributed by atoms with van der Waals surface area (Å²) in [6, 6.07) is 5.23. The topological polar surface area (TPSA) is 95.7 Å². The van der Waals surface area contributed by atoms with Gasteiger partial charge in [-0.1, -0.05) is 11.6 Å². The Balaban J connectivity index is 1.70. The van der Waals surface area contributed by atoms with Crippen molar-refractivity contribution in [3.63, 3.8) is 0 Å². The molecule has 0 aliphatic carbocycles. The molecule has 3 rings (SSSR count). The molecule has 1 aliphatic heterocycles. The van der Waals surface area contributed by atoms with Gasteiger partial charge in [-0.05, 0) is 18.2 Å². The van der Waals surface area contributed by atoms with Gasteiger partial charge < -0.3 is 20.1 Å². The zero-order valence-corrected chi connectivity index (χ0v) is 13.5. The Hall–Kier alpha value is -1.38. The van der Waals surface area contributed by atoms with Crippen LogP contribution in [0.3, 0.4) is 0 Å². The van der Waals surface area contributed by atoms with Crippen molar-refractivity contribution in [2.24, 2.45) is 0 Å². The molecule has 0 bridgehead atoms. The zero-order chi connectivity index (χ0) is 16.4. The first-order valence-electron chi connectivity index (χ1n) is 6.94. The number of aliphatic hydroxyl groups is 3. The summed E-state index contributed by atoms with van der Waals surface area (Å²) in [6.07, 6.45) is 1.40. The molecule has 2 aromatic heterocycles. The number of halogens is 1. The maximum Gasteiger partial charge on any atom is 0.173 e. The predicted molar refractivity (Wildman–Crippen MR) is 87.4 cm³/mol. The van der Waals surface area contributed by atoms with Gasteiger partial charge >= 0.3 is 0 Å². The summed E-state index contributed by atoms with van der Waals surface area (Å²) in [7, 11) is 0. The fraction of sp³-hybridized carbons (Fsp3) is 0.333. The van der Waals surface area contributed by atoms with E-state index < -0.39 is 23.7 Å². The number of pyridine rings is 2. The molecule has 23 heavy (non-hydrogen) atoms. The first-order valence-corrected chi connectivity index (χ1v) is 8.37. The SMILES string of the molecule is O[C@@H]1[C@@H](O)[C@@H](Oc2ccc(-c3cncc(Cl)c3)nc2)SC[C@H]1O. The maximum absolute atomic E-state index is 9.93. The molecule has 3 heterocycles. The van der Waals surface area contributed by atoms with Crippen LogP contribution in [0, 0.1) is 0 Å². The van der Waals surface area contributed by atoms with Crippen molar-refractivity contribution in [3.05, 3.63) is 41.8 Å². The molecule has 0 amide bonds. The number of nitrogens with zero attached hydrogens (tertiary/aromatic N) is 2. The summed E-state index contributed by atoms with van der Waals surface area (Å²) < 4.78 is 5.64. The van der Waals surface area contributed by atoms with Crippen molar-refractivity contribution in [2.75, 3.05) is 5.75 Å². The van der Waals surface area contributed by atoms with Gasteiger partial charge in [0.05, 0.1) is 23.0 Å². The molecule has 0 spiro atoms. The third-order valence-electron chi connectivity index (χ3n) is 3.44. The number of thioether (sulfide) groups is 1. The molecular formula is C15H15ClN2O4S. The zero-order valence-electron chi connectivity index (χ0n) is 11.9. The molecular weight excluding hydrogens is 340 g/mol. The van der Waals surface area contributed by atoms with Gasteiger partial charge in [0.15, 0.2) is 5.44 Å². The van der Waals surface area contributed by atoms with Crippen molar-refractivity contribution >= 4 is 23.4 Å². The molecule has 1 fully saturated rings. The molecule has 6 nitrogen and oxygen atoms in total. The van der Waals surface area contributed by atoms with E-state index in [0.29, 0.717) is 22.2 Å². The van der Waals surface area contributed by atoms with E-state index in [1.807, 2.05) is 0 Å². The number of hydrogen-bond acceptors (Lipinski definition) is 7. The molecule has 0 unspecified atom stereocenters. The summed E-state index contributed by atoms with van der Waals surface area (Å²) in [4.78, 5) is 8.30. The number of aliphatic hydroxyl groups excluding tert-OH is 3. The second kappa shape index (κ2) is 7.02. The normalized spacial score (nSPS) is 27.7. The lowest BCUT2D eigenvalue weighted by Crippen LogP contribution is -2.50. The first kappa shape index (κ1) is 16.5. The minimum absolute atomic E-state index is 0.294. The maximum atomic E-state index is 9.93. The smallest absolute Gasteiger partial charge is 0.173 e. The van der Waals surface area contributed by atoms with Crippen LogP contribution in [0.5, 0.6) is 5.75 Å². The lowest BCUT2D eigenvalue weighted by molar-refractivity contribution is -0.0786. The van der Waals surface area contributed by atoms with E-state index in [0.717, 1.165) is 5.56 Å². The van der Waals surface area contributed by atoms with Crippen LogP contribution in [0.25, 0.3) is 11.3 Å². The molecule has 122 valence electrons. The van der Waals surface area contributed by atoms with Crippen LogP contribution in [0.1, 0.15) is 0 Å². The lowest BCUT2D eigenvalue weighted by atomic mass is 10.1. The fourth-order valence-electron chi connectivity index (χ4n) is 2.19. The van der Waals surface area contributed by atoms with Crippen LogP contribution in [-0.2, 0) is 0 Å². The summed E-state index contributed by atoms with van der Waals surface area (Å²) in [5.74, 6) is 0.756. The molecule has 1 aliphatic rings. The second-order valence-corrected chi connectivity index (χ2v) is 6.71. The third kappa shape index (κ3) is 3.76. The number of rotatable bonds is 3. The van der Waals surface area contributed by atoms with Gasteiger partial charge in [0.2, 0.25) is 0 Å². The molecule has 0 saturated carbocycles. The van der Waals surface area contributed by atoms with Gasteiger partial charge in [-0.2, -0.15) is 0 Å². The van der Waals surface area contributed by atoms with Crippen LogP contribution >= 0.6 is 23.4 Å². The highest BCUT2D eigenvalue weighted by atomic mass is 35.5. The van der Waals surface area contributed by atoms with E-state index in [1.165, 1.54) is 18.0 Å². The van der Waals surface area contributed by atoms with E-state index in [9.17, 15) is 15.3 Å². The Morgan fingerprint density at radius 2 is 1.96 bits per heavy atom. The van der Waals surface area contributed by atoms with Gasteiger partial charge in [0.1, 0.15) is 18.0 Å². The number of ether oxygens (including phenoxy) is 1. The van der Waals surface area contributed by atoms with Gasteiger partial charge in [-0.15, -0.1) is 11.8 Å². The highest BCUT2D eigenvalue weighted by Gasteiger charge is 2.38. The lowest BCUT2D eigenvalue weighted by Gasteiger charge is -2.34. The van der Waals surface area contributed by atoms with Gasteiger partial charge in [0.25, 0.3) is 0 Å². The predicted octanol–water partition coefficient (Wildman–Crippen LogP) is 1.33. The van der Waals surface area contributed by atoms with Gasteiger partial charge in [-0.3, -0.25) is 9.97 Å². The molecule has 0 aromatic carbocycles. The Kier molecular flexibility index (Phi) is 5.03. The van der Waals surface area contributed by atoms with Crippen molar-refractivity contribution in [1.82, 2.24) is 9.97 Å². The van der Waals surface area contributed by atoms with Crippen molar-refractivity contribution in [3.8, 4) is 17.0 Å². The Morgan fingerprint density at radius 1 is 1.13 bits per heavy atom. The van der Waals surface area contributed by atoms with Crippen LogP contribution in [0.15, 0.2) is 36.8 Å². The Labute approximate surface area is 142 Å². The van der Waals surface area contributed by atoms with E-state index >= 15 is 0 Å². The molecule has 0 radical (unpaired) electrons. The van der Waals surface area contributed by atoms with Crippen LogP contribution in [-0.4, -0.2) is 54.8 Å². The molecule has 2 aromatic rings. The summed E-state index contributed by atoms with van der Waals surface area (Å²) >= 11 is 7.15. The average molecular weight is 355 g/mol. The number of aromatic nitrogens is 2. The Bertz CT molecular complexity index is 673. The van der Waals surface area contributed by atoms with E-state index in [1.54, 1.807) is 30.6 Å². The van der Waals surface area contributed by atoms with Gasteiger partial charge in [-0.25, -0.2) is 0 Å². The highest BCUT2D eigenvalue weighted by molar-refractivity contribution is 7.99. The van der Waals surface area contributed by atoms with Crippen molar-refractivity contribution < 1.29 is 20.1 Å². The molecule has 1 saturated heterocycles. The standard InChI is InChI=1S/C15H15ClN2O4S/c16-9-3-8(4-17-5-9)11-2-1-10(6-18-11)22-15-14(21)13(20)12(19)7-23-15/h1-6,12-15,19-21H,7H2/t12-,13+,14-,15+/m1/s1. The van der Waals surface area contributed by atoms with Crippen molar-refractivity contribution in [1.29, 1.82) is 0 Å². The number of hydrogen-bond donors (Lipinski definition) is 3. The van der Waals surface area contributed by atoms with Crippen LogP contribution in [0.2, 0.25) is 5.02 Å². The van der Waals surface area contributed by atoms with E-state index in [-0.39, 0.29) is 0 Å². The average Bonchev–Trinajstić information content (AvgIpc) is 2.56. The third-order valence-corrected chi connectivity index (χ3v) is 4.89. The van der Waals surface area contributed by atoms with Crippen LogP contribution < -0.4 is 4.74 Å². The fourth-order valence-corrected chi connectivity index (χ4v) is 3.49. The summed E-state index contributed by atoms with van der Waals surface area (Å²) in [5, 5.41) is 29.6. The first-order chi connectivity index (χ1) is 11.0. The van der Waals surface area contributed by atoms with E-state index in [2.05, 4.69) is 9.97 Å². The minimum atomic E-state index is -1.22. The molecule has 8 heteroatoms. The Morgan fingerprint density at radius 3 is 2.65 bits per heavy atom. The molecule has 4 atom stereocenters. The highest BCUT2D eigenvalue weighted by Crippen LogP contribution is 2.29.